The number of carbonyl (C=O) groups excluding carboxylic acids is 2. The number of hydrogen-bond acceptors (Lipinski definition) is 6. The molecule has 0 bridgehead atoms. The summed E-state index contributed by atoms with van der Waals surface area (Å²) in [5.74, 6) is 0.665. The molecule has 0 saturated carbocycles. The molecular formula is C19H20N2O4S. The van der Waals surface area contributed by atoms with Crippen LogP contribution in [-0.2, 0) is 14.3 Å². The maximum atomic E-state index is 11.8. The molecule has 0 radical (unpaired) electrons. The fraction of sp³-hybridized carbons (Fsp3) is 0.211. The normalized spacial score (nSPS) is 10.5. The van der Waals surface area contributed by atoms with Gasteiger partial charge in [-0.05, 0) is 42.0 Å². The first-order chi connectivity index (χ1) is 12.7. The number of ether oxygens (including phenoxy) is 2. The monoisotopic (exact) mass is 372 g/mol. The van der Waals surface area contributed by atoms with Gasteiger partial charge < -0.3 is 9.47 Å². The van der Waals surface area contributed by atoms with Gasteiger partial charge in [0.05, 0.1) is 13.3 Å². The van der Waals surface area contributed by atoms with Gasteiger partial charge in [0, 0.05) is 17.1 Å². The molecule has 0 aliphatic rings. The Balaban J connectivity index is 1.68. The van der Waals surface area contributed by atoms with Gasteiger partial charge in [-0.3, -0.25) is 4.79 Å². The number of hydrazone groups is 1. The number of rotatable bonds is 9. The number of esters is 1. The van der Waals surface area contributed by atoms with E-state index >= 15 is 0 Å². The highest BCUT2D eigenvalue weighted by Gasteiger charge is 2.02. The van der Waals surface area contributed by atoms with Gasteiger partial charge in [-0.1, -0.05) is 18.2 Å². The summed E-state index contributed by atoms with van der Waals surface area (Å²) in [5.41, 5.74) is 3.30. The summed E-state index contributed by atoms with van der Waals surface area (Å²) in [6.45, 7) is -0.138. The molecule has 0 atom stereocenters. The zero-order valence-corrected chi connectivity index (χ0v) is 15.2. The average molecular weight is 372 g/mol. The van der Waals surface area contributed by atoms with E-state index in [2.05, 4.69) is 15.3 Å². The van der Waals surface area contributed by atoms with E-state index in [1.54, 1.807) is 42.2 Å². The number of amides is 1. The number of nitrogens with one attached hydrogen (secondary N) is 1. The first-order valence-electron chi connectivity index (χ1n) is 7.97. The highest BCUT2D eigenvalue weighted by atomic mass is 32.2. The van der Waals surface area contributed by atoms with Crippen LogP contribution in [0, 0.1) is 0 Å². The zero-order valence-electron chi connectivity index (χ0n) is 14.4. The Labute approximate surface area is 156 Å². The summed E-state index contributed by atoms with van der Waals surface area (Å²) in [7, 11) is 1.31. The van der Waals surface area contributed by atoms with E-state index in [0.717, 1.165) is 10.5 Å². The van der Waals surface area contributed by atoms with E-state index in [9.17, 15) is 9.59 Å². The molecule has 2 aromatic carbocycles. The molecule has 0 unspecified atom stereocenters. The van der Waals surface area contributed by atoms with Gasteiger partial charge in [0.25, 0.3) is 0 Å². The highest BCUT2D eigenvalue weighted by molar-refractivity contribution is 7.99. The maximum absolute atomic E-state index is 11.8. The molecule has 0 heterocycles. The number of methoxy groups -OCH3 is 1. The summed E-state index contributed by atoms with van der Waals surface area (Å²) >= 11 is 1.63. The summed E-state index contributed by atoms with van der Waals surface area (Å²) < 4.78 is 9.74. The molecule has 6 nitrogen and oxygen atoms in total. The summed E-state index contributed by atoms with van der Waals surface area (Å²) in [5, 5.41) is 3.94. The molecule has 1 N–H and O–H groups in total. The zero-order chi connectivity index (χ0) is 18.6. The number of benzene rings is 2. The van der Waals surface area contributed by atoms with Crippen LogP contribution in [0.15, 0.2) is 64.6 Å². The average Bonchev–Trinajstić information content (AvgIpc) is 2.68. The van der Waals surface area contributed by atoms with E-state index in [-0.39, 0.29) is 12.5 Å². The van der Waals surface area contributed by atoms with Gasteiger partial charge in [0.15, 0.2) is 6.61 Å². The lowest BCUT2D eigenvalue weighted by Gasteiger charge is -2.04. The second-order valence-corrected chi connectivity index (χ2v) is 6.31. The minimum atomic E-state index is -0.441. The molecular weight excluding hydrogens is 352 g/mol. The first-order valence-corrected chi connectivity index (χ1v) is 8.95. The van der Waals surface area contributed by atoms with Gasteiger partial charge in [-0.15, -0.1) is 11.8 Å². The summed E-state index contributed by atoms with van der Waals surface area (Å²) in [6, 6.07) is 16.9. The second-order valence-electron chi connectivity index (χ2n) is 5.14. The lowest BCUT2D eigenvalue weighted by Crippen LogP contribution is -2.17. The predicted octanol–water partition coefficient (Wildman–Crippen LogP) is 2.87. The van der Waals surface area contributed by atoms with Crippen LogP contribution in [0.5, 0.6) is 5.75 Å². The molecule has 7 heteroatoms. The van der Waals surface area contributed by atoms with Gasteiger partial charge in [-0.25, -0.2) is 10.2 Å². The molecule has 0 aliphatic heterocycles. The standard InChI is InChI=1S/C19H20N2O4S/c1-24-19(23)14-25-16-9-7-15(8-10-16)13-20-21-18(22)11-12-26-17-5-3-2-4-6-17/h2-10,13H,11-12,14H2,1H3,(H,21,22)/b20-13-. The third kappa shape index (κ3) is 7.40. The van der Waals surface area contributed by atoms with Crippen LogP contribution >= 0.6 is 11.8 Å². The van der Waals surface area contributed by atoms with Crippen LogP contribution in [0.3, 0.4) is 0 Å². The quantitative estimate of drug-likeness (QED) is 0.317. The predicted molar refractivity (Wildman–Crippen MR) is 101 cm³/mol. The fourth-order valence-corrected chi connectivity index (χ4v) is 2.74. The number of thioether (sulfide) groups is 1. The first kappa shape index (κ1) is 19.5. The molecule has 0 spiro atoms. The van der Waals surface area contributed by atoms with Crippen molar-refractivity contribution in [3.8, 4) is 5.75 Å². The van der Waals surface area contributed by atoms with E-state index in [1.165, 1.54) is 7.11 Å². The molecule has 2 aromatic rings. The Hall–Kier alpha value is -2.80. The van der Waals surface area contributed by atoms with Gasteiger partial charge in [0.2, 0.25) is 5.91 Å². The largest absolute Gasteiger partial charge is 0.482 e. The van der Waals surface area contributed by atoms with Crippen LogP contribution in [0.25, 0.3) is 0 Å². The number of nitrogens with zero attached hydrogens (tertiary/aromatic N) is 1. The van der Waals surface area contributed by atoms with Crippen LogP contribution in [-0.4, -0.2) is 37.6 Å². The van der Waals surface area contributed by atoms with Crippen LogP contribution < -0.4 is 10.2 Å². The molecule has 0 aliphatic carbocycles. The van der Waals surface area contributed by atoms with E-state index in [4.69, 9.17) is 4.74 Å². The molecule has 2 rings (SSSR count). The van der Waals surface area contributed by atoms with Crippen molar-refractivity contribution in [2.24, 2.45) is 5.10 Å². The molecule has 0 fully saturated rings. The van der Waals surface area contributed by atoms with Crippen LogP contribution in [0.1, 0.15) is 12.0 Å². The van der Waals surface area contributed by atoms with E-state index in [0.29, 0.717) is 17.9 Å². The molecule has 26 heavy (non-hydrogen) atoms. The topological polar surface area (TPSA) is 77.0 Å². The molecule has 0 saturated heterocycles. The van der Waals surface area contributed by atoms with Crippen molar-refractivity contribution < 1.29 is 19.1 Å². The third-order valence-electron chi connectivity index (χ3n) is 3.21. The smallest absolute Gasteiger partial charge is 0.343 e. The van der Waals surface area contributed by atoms with Crippen molar-refractivity contribution >= 4 is 29.9 Å². The van der Waals surface area contributed by atoms with E-state index < -0.39 is 5.97 Å². The lowest BCUT2D eigenvalue weighted by atomic mass is 10.2. The van der Waals surface area contributed by atoms with Crippen LogP contribution in [0.2, 0.25) is 0 Å². The van der Waals surface area contributed by atoms with Crippen molar-refractivity contribution in [2.45, 2.75) is 11.3 Å². The molecule has 136 valence electrons. The van der Waals surface area contributed by atoms with Crippen molar-refractivity contribution in [2.75, 3.05) is 19.5 Å². The Bertz CT molecular complexity index is 733. The Kier molecular flexibility index (Phi) is 8.21. The summed E-state index contributed by atoms with van der Waals surface area (Å²) in [6.07, 6.45) is 1.93. The SMILES string of the molecule is COC(=O)COc1ccc(/C=N\NC(=O)CCSc2ccccc2)cc1. The second kappa shape index (κ2) is 10.9. The Morgan fingerprint density at radius 2 is 1.85 bits per heavy atom. The number of hydrogen-bond donors (Lipinski definition) is 1. The van der Waals surface area contributed by atoms with Gasteiger partial charge in [-0.2, -0.15) is 5.10 Å². The highest BCUT2D eigenvalue weighted by Crippen LogP contribution is 2.17. The van der Waals surface area contributed by atoms with Gasteiger partial charge >= 0.3 is 5.97 Å². The molecule has 0 aromatic heterocycles. The minimum absolute atomic E-state index is 0.136. The van der Waals surface area contributed by atoms with Crippen molar-refractivity contribution in [3.05, 3.63) is 60.2 Å². The van der Waals surface area contributed by atoms with Crippen molar-refractivity contribution in [1.82, 2.24) is 5.43 Å². The van der Waals surface area contributed by atoms with E-state index in [1.807, 2.05) is 30.3 Å². The number of carbonyl (C=O) groups is 2. The third-order valence-corrected chi connectivity index (χ3v) is 4.22. The van der Waals surface area contributed by atoms with Crippen molar-refractivity contribution in [3.63, 3.8) is 0 Å². The van der Waals surface area contributed by atoms with Crippen molar-refractivity contribution in [1.29, 1.82) is 0 Å². The van der Waals surface area contributed by atoms with Crippen LogP contribution in [0.4, 0.5) is 0 Å². The maximum Gasteiger partial charge on any atom is 0.343 e. The molecule has 1 amide bonds. The fourth-order valence-electron chi connectivity index (χ4n) is 1.86. The lowest BCUT2D eigenvalue weighted by molar-refractivity contribution is -0.142. The minimum Gasteiger partial charge on any atom is -0.482 e. The Morgan fingerprint density at radius 1 is 1.12 bits per heavy atom. The Morgan fingerprint density at radius 3 is 2.54 bits per heavy atom. The summed E-state index contributed by atoms with van der Waals surface area (Å²) in [4.78, 5) is 23.9. The van der Waals surface area contributed by atoms with Gasteiger partial charge in [0.1, 0.15) is 5.75 Å².